The highest BCUT2D eigenvalue weighted by atomic mass is 32.1. The maximum Gasteiger partial charge on any atom is 0.267 e. The molecule has 1 amide bonds. The minimum absolute atomic E-state index is 0.243. The molecule has 1 fully saturated rings. The van der Waals surface area contributed by atoms with Crippen LogP contribution >= 0.6 is 11.3 Å². The second kappa shape index (κ2) is 8.08. The van der Waals surface area contributed by atoms with Gasteiger partial charge in [0, 0.05) is 43.1 Å². The molecule has 1 aliphatic rings. The van der Waals surface area contributed by atoms with Gasteiger partial charge in [-0.25, -0.2) is 9.37 Å². The van der Waals surface area contributed by atoms with Gasteiger partial charge in [-0.05, 0) is 43.4 Å². The lowest BCUT2D eigenvalue weighted by Gasteiger charge is -2.34. The van der Waals surface area contributed by atoms with E-state index in [-0.39, 0.29) is 11.7 Å². The Balaban J connectivity index is 1.42. The minimum Gasteiger partial charge on any atom is -0.369 e. The van der Waals surface area contributed by atoms with Crippen molar-refractivity contribution < 1.29 is 9.18 Å². The Bertz CT molecular complexity index is 965. The van der Waals surface area contributed by atoms with E-state index < -0.39 is 0 Å². The number of likely N-dealkylation sites (N-methyl/N-ethyl adjacent to an activating group) is 1. The molecule has 2 aromatic carbocycles. The fraction of sp³-hybridized carbons (Fsp3) is 0.238. The number of halogens is 1. The summed E-state index contributed by atoms with van der Waals surface area (Å²) >= 11 is 1.18. The fourth-order valence-corrected chi connectivity index (χ4v) is 3.99. The topological polar surface area (TPSA) is 48.5 Å². The summed E-state index contributed by atoms with van der Waals surface area (Å²) in [5, 5.41) is 3.38. The van der Waals surface area contributed by atoms with Crippen LogP contribution in [-0.2, 0) is 0 Å². The first-order chi connectivity index (χ1) is 13.6. The lowest BCUT2D eigenvalue weighted by molar-refractivity contribution is 0.103. The molecule has 0 atom stereocenters. The molecular weight excluding hydrogens is 375 g/mol. The van der Waals surface area contributed by atoms with Crippen LogP contribution in [0.1, 0.15) is 9.67 Å². The monoisotopic (exact) mass is 396 g/mol. The standard InChI is InChI=1S/C21H21FN4OS/c1-25-10-12-26(13-11-25)16-8-6-15(7-9-16)24-20(27)19-14-23-21(28-19)17-4-2-3-5-18(17)22/h2-9,14H,10-13H2,1H3,(H,24,27). The lowest BCUT2D eigenvalue weighted by Crippen LogP contribution is -2.44. The average molecular weight is 396 g/mol. The van der Waals surface area contributed by atoms with Crippen LogP contribution in [0.15, 0.2) is 54.7 Å². The summed E-state index contributed by atoms with van der Waals surface area (Å²) in [6, 6.07) is 14.3. The number of hydrogen-bond acceptors (Lipinski definition) is 5. The number of rotatable bonds is 4. The molecule has 0 radical (unpaired) electrons. The number of nitrogens with zero attached hydrogens (tertiary/aromatic N) is 3. The van der Waals surface area contributed by atoms with Crippen molar-refractivity contribution in [1.29, 1.82) is 0 Å². The van der Waals surface area contributed by atoms with Gasteiger partial charge in [-0.15, -0.1) is 11.3 Å². The molecule has 144 valence electrons. The van der Waals surface area contributed by atoms with E-state index in [4.69, 9.17) is 0 Å². The quantitative estimate of drug-likeness (QED) is 0.725. The predicted molar refractivity (Wildman–Crippen MR) is 112 cm³/mol. The van der Waals surface area contributed by atoms with E-state index in [9.17, 15) is 9.18 Å². The van der Waals surface area contributed by atoms with Crippen LogP contribution in [0.2, 0.25) is 0 Å². The number of anilines is 2. The second-order valence-corrected chi connectivity index (χ2v) is 7.83. The van der Waals surface area contributed by atoms with Gasteiger partial charge < -0.3 is 15.1 Å². The molecule has 0 saturated carbocycles. The zero-order chi connectivity index (χ0) is 19.5. The first-order valence-corrected chi connectivity index (χ1v) is 9.97. The van der Waals surface area contributed by atoms with Gasteiger partial charge in [-0.1, -0.05) is 12.1 Å². The van der Waals surface area contributed by atoms with Crippen LogP contribution in [0.4, 0.5) is 15.8 Å². The van der Waals surface area contributed by atoms with E-state index in [0.29, 0.717) is 15.4 Å². The number of benzene rings is 2. The van der Waals surface area contributed by atoms with Gasteiger partial charge >= 0.3 is 0 Å². The van der Waals surface area contributed by atoms with E-state index in [1.54, 1.807) is 18.2 Å². The van der Waals surface area contributed by atoms with Crippen LogP contribution < -0.4 is 10.2 Å². The summed E-state index contributed by atoms with van der Waals surface area (Å²) in [7, 11) is 2.13. The van der Waals surface area contributed by atoms with E-state index in [1.165, 1.54) is 23.6 Å². The van der Waals surface area contributed by atoms with Crippen LogP contribution in [0.5, 0.6) is 0 Å². The normalized spacial score (nSPS) is 14.9. The van der Waals surface area contributed by atoms with Crippen LogP contribution in [0.25, 0.3) is 10.6 Å². The SMILES string of the molecule is CN1CCN(c2ccc(NC(=O)c3cnc(-c4ccccc4F)s3)cc2)CC1. The summed E-state index contributed by atoms with van der Waals surface area (Å²) < 4.78 is 13.9. The third-order valence-corrected chi connectivity index (χ3v) is 5.86. The molecule has 1 N–H and O–H groups in total. The highest BCUT2D eigenvalue weighted by Gasteiger charge is 2.16. The predicted octanol–water partition coefficient (Wildman–Crippen LogP) is 3.95. The van der Waals surface area contributed by atoms with Crippen LogP contribution in [0, 0.1) is 5.82 Å². The van der Waals surface area contributed by atoms with E-state index in [2.05, 4.69) is 27.1 Å². The fourth-order valence-electron chi connectivity index (χ4n) is 3.15. The number of nitrogens with one attached hydrogen (secondary N) is 1. The number of piperazine rings is 1. The van der Waals surface area contributed by atoms with Crippen molar-refractivity contribution in [2.75, 3.05) is 43.4 Å². The van der Waals surface area contributed by atoms with E-state index in [1.807, 2.05) is 24.3 Å². The van der Waals surface area contributed by atoms with Gasteiger partial charge in [-0.3, -0.25) is 4.79 Å². The molecule has 7 heteroatoms. The highest BCUT2D eigenvalue weighted by molar-refractivity contribution is 7.17. The molecule has 1 saturated heterocycles. The van der Waals surface area contributed by atoms with Gasteiger partial charge in [0.2, 0.25) is 0 Å². The zero-order valence-corrected chi connectivity index (χ0v) is 16.4. The maximum absolute atomic E-state index is 13.9. The molecule has 1 aromatic heterocycles. The van der Waals surface area contributed by atoms with Gasteiger partial charge in [0.15, 0.2) is 0 Å². The van der Waals surface area contributed by atoms with Crippen molar-refractivity contribution in [2.45, 2.75) is 0 Å². The molecule has 5 nitrogen and oxygen atoms in total. The lowest BCUT2D eigenvalue weighted by atomic mass is 10.2. The van der Waals surface area contributed by atoms with Gasteiger partial charge in [0.25, 0.3) is 5.91 Å². The Kier molecular flexibility index (Phi) is 5.36. The first kappa shape index (κ1) is 18.6. The van der Waals surface area contributed by atoms with Gasteiger partial charge in [-0.2, -0.15) is 0 Å². The van der Waals surface area contributed by atoms with Crippen LogP contribution in [0.3, 0.4) is 0 Å². The molecule has 1 aliphatic heterocycles. The Morgan fingerprint density at radius 2 is 1.79 bits per heavy atom. The van der Waals surface area contributed by atoms with Crippen LogP contribution in [-0.4, -0.2) is 49.0 Å². The smallest absolute Gasteiger partial charge is 0.267 e. The van der Waals surface area contributed by atoms with Crippen molar-refractivity contribution >= 4 is 28.6 Å². The minimum atomic E-state index is -0.344. The molecule has 28 heavy (non-hydrogen) atoms. The summed E-state index contributed by atoms with van der Waals surface area (Å²) in [6.07, 6.45) is 1.49. The molecule has 3 aromatic rings. The van der Waals surface area contributed by atoms with E-state index in [0.717, 1.165) is 37.6 Å². The number of amides is 1. The molecule has 0 unspecified atom stereocenters. The Morgan fingerprint density at radius 1 is 1.07 bits per heavy atom. The average Bonchev–Trinajstić information content (AvgIpc) is 3.20. The van der Waals surface area contributed by atoms with Gasteiger partial charge in [0.05, 0.1) is 6.20 Å². The largest absolute Gasteiger partial charge is 0.369 e. The molecule has 0 bridgehead atoms. The molecular formula is C21H21FN4OS. The highest BCUT2D eigenvalue weighted by Crippen LogP contribution is 2.28. The van der Waals surface area contributed by atoms with Crippen molar-refractivity contribution in [3.63, 3.8) is 0 Å². The summed E-state index contributed by atoms with van der Waals surface area (Å²) in [4.78, 5) is 21.8. The number of hydrogen-bond donors (Lipinski definition) is 1. The third kappa shape index (κ3) is 4.05. The van der Waals surface area contributed by atoms with Crippen molar-refractivity contribution in [2.24, 2.45) is 0 Å². The number of aromatic nitrogens is 1. The number of carbonyl (C=O) groups is 1. The van der Waals surface area contributed by atoms with Crippen molar-refractivity contribution in [3.05, 3.63) is 65.4 Å². The first-order valence-electron chi connectivity index (χ1n) is 9.16. The third-order valence-electron chi connectivity index (χ3n) is 4.83. The molecule has 2 heterocycles. The Labute approximate surface area is 167 Å². The Morgan fingerprint density at radius 3 is 2.50 bits per heavy atom. The summed E-state index contributed by atoms with van der Waals surface area (Å²) in [5.74, 6) is -0.587. The summed E-state index contributed by atoms with van der Waals surface area (Å²) in [5.41, 5.74) is 2.29. The molecule has 0 aliphatic carbocycles. The van der Waals surface area contributed by atoms with Gasteiger partial charge in [0.1, 0.15) is 15.7 Å². The summed E-state index contributed by atoms with van der Waals surface area (Å²) in [6.45, 7) is 4.10. The molecule has 4 rings (SSSR count). The van der Waals surface area contributed by atoms with Crippen molar-refractivity contribution in [1.82, 2.24) is 9.88 Å². The Hall–Kier alpha value is -2.77. The molecule has 0 spiro atoms. The zero-order valence-electron chi connectivity index (χ0n) is 15.6. The maximum atomic E-state index is 13.9. The number of carbonyl (C=O) groups excluding carboxylic acids is 1. The van der Waals surface area contributed by atoms with Crippen molar-refractivity contribution in [3.8, 4) is 10.6 Å². The van der Waals surface area contributed by atoms with E-state index >= 15 is 0 Å². The second-order valence-electron chi connectivity index (χ2n) is 6.80. The number of thiazole rings is 1.